The van der Waals surface area contributed by atoms with Crippen LogP contribution in [0.4, 0.5) is 0 Å². The van der Waals surface area contributed by atoms with Crippen LogP contribution in [0.1, 0.15) is 68.9 Å². The second-order valence-corrected chi connectivity index (χ2v) is 10.7. The minimum absolute atomic E-state index is 0.352. The van der Waals surface area contributed by atoms with Crippen molar-refractivity contribution >= 4 is 11.6 Å². The van der Waals surface area contributed by atoms with Gasteiger partial charge in [-0.1, -0.05) is 60.7 Å². The lowest BCUT2D eigenvalue weighted by Gasteiger charge is -2.46. The van der Waals surface area contributed by atoms with Crippen molar-refractivity contribution in [3.63, 3.8) is 0 Å². The highest BCUT2D eigenvalue weighted by atomic mass is 16.5. The molecule has 4 rings (SSSR count). The predicted molar refractivity (Wildman–Crippen MR) is 150 cm³/mol. The maximum atomic E-state index is 12.1. The van der Waals surface area contributed by atoms with E-state index in [1.165, 1.54) is 11.1 Å². The molecule has 2 aliphatic rings. The number of unbranched alkanes of at least 4 members (excludes halogenated alkanes) is 1. The number of ether oxygens (including phenoxy) is 2. The number of ketones is 2. The highest BCUT2D eigenvalue weighted by Gasteiger charge is 2.39. The Kier molecular flexibility index (Phi) is 11.5. The summed E-state index contributed by atoms with van der Waals surface area (Å²) in [4.78, 5) is 28.6. The Morgan fingerprint density at radius 3 is 1.84 bits per heavy atom. The Bertz CT molecular complexity index is 963. The minimum atomic E-state index is -0.401. The molecule has 2 aromatic carbocycles. The first kappa shape index (κ1) is 28.6. The molecule has 6 heteroatoms. The number of rotatable bonds is 15. The lowest BCUT2D eigenvalue weighted by Crippen LogP contribution is -2.54. The van der Waals surface area contributed by atoms with Crippen LogP contribution < -0.4 is 0 Å². The van der Waals surface area contributed by atoms with Gasteiger partial charge in [0.2, 0.25) is 0 Å². The van der Waals surface area contributed by atoms with Gasteiger partial charge in [0.05, 0.1) is 13.2 Å². The number of hydrogen-bond acceptors (Lipinski definition) is 6. The van der Waals surface area contributed by atoms with Crippen molar-refractivity contribution < 1.29 is 19.1 Å². The average molecular weight is 521 g/mol. The fourth-order valence-corrected chi connectivity index (χ4v) is 5.61. The van der Waals surface area contributed by atoms with Crippen LogP contribution in [0, 0.1) is 0 Å². The molecule has 2 saturated heterocycles. The van der Waals surface area contributed by atoms with E-state index in [0.29, 0.717) is 50.5 Å². The average Bonchev–Trinajstić information content (AvgIpc) is 2.96. The topological polar surface area (TPSA) is 59.1 Å². The highest BCUT2D eigenvalue weighted by Crippen LogP contribution is 2.33. The molecule has 2 aliphatic heterocycles. The van der Waals surface area contributed by atoms with Crippen LogP contribution in [0.2, 0.25) is 0 Å². The molecular weight excluding hydrogens is 476 g/mol. The molecule has 0 spiro atoms. The maximum absolute atomic E-state index is 12.1. The molecule has 2 fully saturated rings. The molecule has 1 unspecified atom stereocenters. The third kappa shape index (κ3) is 9.12. The lowest BCUT2D eigenvalue weighted by molar-refractivity contribution is -0.183. The maximum Gasteiger partial charge on any atom is 0.135 e. The zero-order valence-corrected chi connectivity index (χ0v) is 22.8. The van der Waals surface area contributed by atoms with Gasteiger partial charge in [-0.3, -0.25) is 14.5 Å². The number of nitrogens with zero attached hydrogens (tertiary/aromatic N) is 2. The molecule has 0 bridgehead atoms. The highest BCUT2D eigenvalue weighted by molar-refractivity contribution is 5.79. The van der Waals surface area contributed by atoms with E-state index in [1.807, 2.05) is 24.3 Å². The molecular formula is C32H44N2O4. The van der Waals surface area contributed by atoms with Gasteiger partial charge in [0.25, 0.3) is 0 Å². The van der Waals surface area contributed by atoms with Gasteiger partial charge in [-0.15, -0.1) is 0 Å². The first-order valence-corrected chi connectivity index (χ1v) is 14.4. The quantitative estimate of drug-likeness (QED) is 0.293. The second kappa shape index (κ2) is 15.3. The number of benzene rings is 2. The largest absolute Gasteiger partial charge is 0.377 e. The second-order valence-electron chi connectivity index (χ2n) is 10.7. The number of carbonyl (C=O) groups excluding carboxylic acids is 2. The van der Waals surface area contributed by atoms with E-state index >= 15 is 0 Å². The summed E-state index contributed by atoms with van der Waals surface area (Å²) in [5, 5.41) is 0. The molecule has 0 aliphatic carbocycles. The van der Waals surface area contributed by atoms with Crippen LogP contribution in [-0.4, -0.2) is 66.4 Å². The van der Waals surface area contributed by atoms with Crippen molar-refractivity contribution in [1.82, 2.24) is 9.80 Å². The monoisotopic (exact) mass is 520 g/mol. The summed E-state index contributed by atoms with van der Waals surface area (Å²) in [5.74, 6) is 0.736. The zero-order valence-electron chi connectivity index (χ0n) is 22.8. The summed E-state index contributed by atoms with van der Waals surface area (Å²) in [6.07, 6.45) is 7.38. The first-order chi connectivity index (χ1) is 18.6. The number of piperidine rings is 2. The SMILES string of the molecule is O=C1CCN(CCCC(CCCCOCc2ccccc2)(OCc2ccccc2)N2CCC(=O)CC2)CC1. The summed E-state index contributed by atoms with van der Waals surface area (Å²) in [6.45, 7) is 6.17. The number of hydrogen-bond donors (Lipinski definition) is 0. The van der Waals surface area contributed by atoms with Gasteiger partial charge >= 0.3 is 0 Å². The van der Waals surface area contributed by atoms with Crippen molar-refractivity contribution in [1.29, 1.82) is 0 Å². The molecule has 0 amide bonds. The molecule has 206 valence electrons. The summed E-state index contributed by atoms with van der Waals surface area (Å²) >= 11 is 0. The van der Waals surface area contributed by atoms with E-state index in [2.05, 4.69) is 46.2 Å². The van der Waals surface area contributed by atoms with E-state index in [0.717, 1.165) is 71.4 Å². The molecule has 0 saturated carbocycles. The molecule has 0 radical (unpaired) electrons. The van der Waals surface area contributed by atoms with E-state index < -0.39 is 5.72 Å². The van der Waals surface area contributed by atoms with Gasteiger partial charge in [0, 0.05) is 58.5 Å². The zero-order chi connectivity index (χ0) is 26.5. The van der Waals surface area contributed by atoms with Crippen molar-refractivity contribution in [2.24, 2.45) is 0 Å². The van der Waals surface area contributed by atoms with Crippen molar-refractivity contribution in [3.05, 3.63) is 71.8 Å². The summed E-state index contributed by atoms with van der Waals surface area (Å²) < 4.78 is 12.8. The predicted octanol–water partition coefficient (Wildman–Crippen LogP) is 5.40. The Hall–Kier alpha value is -2.38. The minimum Gasteiger partial charge on any atom is -0.377 e. The van der Waals surface area contributed by atoms with Gasteiger partial charge in [-0.05, 0) is 49.8 Å². The van der Waals surface area contributed by atoms with Crippen molar-refractivity contribution in [2.45, 2.75) is 76.7 Å². The Labute approximate surface area is 228 Å². The van der Waals surface area contributed by atoms with Crippen molar-refractivity contribution in [2.75, 3.05) is 39.3 Å². The van der Waals surface area contributed by atoms with Gasteiger partial charge in [-0.25, -0.2) is 0 Å². The third-order valence-corrected chi connectivity index (χ3v) is 7.92. The summed E-state index contributed by atoms with van der Waals surface area (Å²) in [6, 6.07) is 20.7. The molecule has 0 aromatic heterocycles. The normalized spacial score (nSPS) is 18.9. The summed E-state index contributed by atoms with van der Waals surface area (Å²) in [7, 11) is 0. The molecule has 38 heavy (non-hydrogen) atoms. The third-order valence-electron chi connectivity index (χ3n) is 7.92. The number of carbonyl (C=O) groups is 2. The molecule has 0 N–H and O–H groups in total. The molecule has 2 heterocycles. The number of Topliss-reactive ketones (excluding diaryl/α,β-unsaturated/α-hetero) is 2. The van der Waals surface area contributed by atoms with E-state index in [9.17, 15) is 9.59 Å². The molecule has 2 aromatic rings. The standard InChI is InChI=1S/C32H44N2O4/c35-30-14-21-33(22-15-30)20-9-19-32(34-23-16-31(36)17-24-34,38-27-29-12-5-2-6-13-29)18-7-8-25-37-26-28-10-3-1-4-11-28/h1-6,10-13H,7-9,14-27H2. The van der Waals surface area contributed by atoms with Crippen LogP contribution in [0.15, 0.2) is 60.7 Å². The van der Waals surface area contributed by atoms with Gasteiger partial charge in [0.15, 0.2) is 0 Å². The smallest absolute Gasteiger partial charge is 0.135 e. The number of likely N-dealkylation sites (tertiary alicyclic amines) is 2. The lowest BCUT2D eigenvalue weighted by atomic mass is 9.94. The summed E-state index contributed by atoms with van der Waals surface area (Å²) in [5.41, 5.74) is 1.97. The van der Waals surface area contributed by atoms with Crippen LogP contribution in [0.3, 0.4) is 0 Å². The van der Waals surface area contributed by atoms with Gasteiger partial charge in [-0.2, -0.15) is 0 Å². The van der Waals surface area contributed by atoms with E-state index in [1.54, 1.807) is 0 Å². The Morgan fingerprint density at radius 1 is 0.658 bits per heavy atom. The Morgan fingerprint density at radius 2 is 1.21 bits per heavy atom. The van der Waals surface area contributed by atoms with E-state index in [-0.39, 0.29) is 0 Å². The van der Waals surface area contributed by atoms with Crippen LogP contribution in [0.5, 0.6) is 0 Å². The van der Waals surface area contributed by atoms with Crippen LogP contribution in [-0.2, 0) is 32.3 Å². The molecule has 6 nitrogen and oxygen atoms in total. The molecule has 1 atom stereocenters. The van der Waals surface area contributed by atoms with Crippen LogP contribution in [0.25, 0.3) is 0 Å². The van der Waals surface area contributed by atoms with Crippen molar-refractivity contribution in [3.8, 4) is 0 Å². The first-order valence-electron chi connectivity index (χ1n) is 14.4. The van der Waals surface area contributed by atoms with Crippen LogP contribution >= 0.6 is 0 Å². The Balaban J connectivity index is 1.38. The van der Waals surface area contributed by atoms with Gasteiger partial charge < -0.3 is 14.4 Å². The fourth-order valence-electron chi connectivity index (χ4n) is 5.61. The fraction of sp³-hybridized carbons (Fsp3) is 0.562. The van der Waals surface area contributed by atoms with Gasteiger partial charge in [0.1, 0.15) is 17.3 Å². The van der Waals surface area contributed by atoms with E-state index in [4.69, 9.17) is 9.47 Å².